The van der Waals surface area contributed by atoms with Crippen LogP contribution in [0.2, 0.25) is 0 Å². The zero-order chi connectivity index (χ0) is 18.0. The lowest BCUT2D eigenvalue weighted by Crippen LogP contribution is -2.41. The van der Waals surface area contributed by atoms with E-state index in [1.54, 1.807) is 0 Å². The van der Waals surface area contributed by atoms with E-state index < -0.39 is 0 Å². The largest absolute Gasteiger partial charge is 0.485 e. The number of carbonyl (C=O) groups is 1. The molecule has 0 saturated carbocycles. The van der Waals surface area contributed by atoms with Gasteiger partial charge in [0.15, 0.2) is 28.6 Å². The van der Waals surface area contributed by atoms with Crippen LogP contribution in [0.4, 0.5) is 0 Å². The molecule has 0 spiro atoms. The molecule has 0 unspecified atom stereocenters. The first kappa shape index (κ1) is 17.6. The molecule has 2 aromatic rings. The molecule has 0 bridgehead atoms. The maximum atomic E-state index is 12.0. The maximum Gasteiger partial charge on any atom is 0.230 e. The number of aromatic nitrogens is 3. The molecule has 0 saturated heterocycles. The summed E-state index contributed by atoms with van der Waals surface area (Å²) in [5, 5.41) is 12.0. The molecule has 0 radical (unpaired) electrons. The van der Waals surface area contributed by atoms with E-state index in [1.807, 2.05) is 56.7 Å². The minimum atomic E-state index is -0.329. The summed E-state index contributed by atoms with van der Waals surface area (Å²) < 4.78 is 13.5. The van der Waals surface area contributed by atoms with Gasteiger partial charge in [0.05, 0.1) is 5.75 Å². The first-order chi connectivity index (χ1) is 11.8. The van der Waals surface area contributed by atoms with Gasteiger partial charge in [-0.3, -0.25) is 4.79 Å². The summed E-state index contributed by atoms with van der Waals surface area (Å²) >= 11 is 1.35. The van der Waals surface area contributed by atoms with Crippen LogP contribution < -0.4 is 14.8 Å². The third-order valence-corrected chi connectivity index (χ3v) is 4.53. The molecule has 1 aliphatic heterocycles. The van der Waals surface area contributed by atoms with Crippen molar-refractivity contribution in [1.82, 2.24) is 20.1 Å². The Morgan fingerprint density at radius 1 is 1.32 bits per heavy atom. The van der Waals surface area contributed by atoms with Crippen LogP contribution in [0.15, 0.2) is 29.4 Å². The molecular formula is C17H22N4O3S. The molecule has 1 atom stereocenters. The molecule has 134 valence electrons. The van der Waals surface area contributed by atoms with E-state index in [2.05, 4.69) is 15.5 Å². The van der Waals surface area contributed by atoms with E-state index >= 15 is 0 Å². The SMILES string of the molecule is Cn1c(SCC(=O)NC(C)(C)C)nnc1[C@H]1COc2ccccc2O1. The second kappa shape index (κ2) is 6.95. The number of rotatable bonds is 4. The van der Waals surface area contributed by atoms with Crippen LogP contribution in [0, 0.1) is 0 Å². The number of amides is 1. The third-order valence-electron chi connectivity index (χ3n) is 3.51. The zero-order valence-electron chi connectivity index (χ0n) is 14.8. The number of hydrogen-bond donors (Lipinski definition) is 1. The van der Waals surface area contributed by atoms with Crippen LogP contribution in [-0.2, 0) is 11.8 Å². The molecule has 0 fully saturated rings. The van der Waals surface area contributed by atoms with E-state index in [0.717, 1.165) is 5.75 Å². The van der Waals surface area contributed by atoms with Gasteiger partial charge in [0.25, 0.3) is 0 Å². The Hall–Kier alpha value is -2.22. The van der Waals surface area contributed by atoms with Crippen LogP contribution in [0.1, 0.15) is 32.7 Å². The van der Waals surface area contributed by atoms with E-state index in [9.17, 15) is 4.79 Å². The topological polar surface area (TPSA) is 78.3 Å². The van der Waals surface area contributed by atoms with Crippen LogP contribution >= 0.6 is 11.8 Å². The Balaban J connectivity index is 1.65. The third kappa shape index (κ3) is 4.25. The van der Waals surface area contributed by atoms with Crippen LogP contribution in [0.5, 0.6) is 11.5 Å². The van der Waals surface area contributed by atoms with Crippen molar-refractivity contribution in [3.63, 3.8) is 0 Å². The van der Waals surface area contributed by atoms with Crippen molar-refractivity contribution >= 4 is 17.7 Å². The van der Waals surface area contributed by atoms with Crippen molar-refractivity contribution in [3.05, 3.63) is 30.1 Å². The number of fused-ring (bicyclic) bond motifs is 1. The molecule has 1 aliphatic rings. The first-order valence-corrected chi connectivity index (χ1v) is 9.03. The molecule has 25 heavy (non-hydrogen) atoms. The first-order valence-electron chi connectivity index (χ1n) is 8.05. The normalized spacial score (nSPS) is 16.6. The maximum absolute atomic E-state index is 12.0. The van der Waals surface area contributed by atoms with Crippen molar-refractivity contribution in [3.8, 4) is 11.5 Å². The lowest BCUT2D eigenvalue weighted by molar-refractivity contribution is -0.119. The Bertz CT molecular complexity index is 769. The lowest BCUT2D eigenvalue weighted by Gasteiger charge is -2.25. The molecule has 1 aromatic heterocycles. The standard InChI is InChI=1S/C17H22N4O3S/c1-17(2,3)18-14(22)10-25-16-20-19-15(21(16)4)13-9-23-11-7-5-6-8-12(11)24-13/h5-8,13H,9-10H2,1-4H3,(H,18,22)/t13-/m1/s1. The second-order valence-corrected chi connectivity index (χ2v) is 7.79. The van der Waals surface area contributed by atoms with E-state index in [1.165, 1.54) is 11.8 Å². The van der Waals surface area contributed by atoms with Gasteiger partial charge in [-0.2, -0.15) is 0 Å². The highest BCUT2D eigenvalue weighted by atomic mass is 32.2. The van der Waals surface area contributed by atoms with Gasteiger partial charge in [0.1, 0.15) is 6.61 Å². The van der Waals surface area contributed by atoms with Gasteiger partial charge in [-0.15, -0.1) is 10.2 Å². The van der Waals surface area contributed by atoms with Crippen molar-refractivity contribution in [2.45, 2.75) is 37.6 Å². The van der Waals surface area contributed by atoms with Crippen LogP contribution in [-0.4, -0.2) is 38.6 Å². The average Bonchev–Trinajstić information content (AvgIpc) is 2.92. The summed E-state index contributed by atoms with van der Waals surface area (Å²) in [7, 11) is 1.86. The van der Waals surface area contributed by atoms with Crippen molar-refractivity contribution in [2.75, 3.05) is 12.4 Å². The molecule has 7 nitrogen and oxygen atoms in total. The fourth-order valence-corrected chi connectivity index (χ4v) is 3.18. The van der Waals surface area contributed by atoms with Crippen molar-refractivity contribution in [1.29, 1.82) is 0 Å². The summed E-state index contributed by atoms with van der Waals surface area (Å²) in [6.07, 6.45) is -0.329. The molecule has 1 N–H and O–H groups in total. The Labute approximate surface area is 151 Å². The number of hydrogen-bond acceptors (Lipinski definition) is 6. The monoisotopic (exact) mass is 362 g/mol. The number of carbonyl (C=O) groups excluding carboxylic acids is 1. The highest BCUT2D eigenvalue weighted by Gasteiger charge is 2.27. The van der Waals surface area contributed by atoms with Gasteiger partial charge in [-0.05, 0) is 32.9 Å². The Morgan fingerprint density at radius 2 is 2.04 bits per heavy atom. The summed E-state index contributed by atoms with van der Waals surface area (Å²) in [4.78, 5) is 12.0. The summed E-state index contributed by atoms with van der Waals surface area (Å²) in [5.74, 6) is 2.35. The number of ether oxygens (including phenoxy) is 2. The lowest BCUT2D eigenvalue weighted by atomic mass is 10.1. The van der Waals surface area contributed by atoms with E-state index in [-0.39, 0.29) is 23.3 Å². The second-order valence-electron chi connectivity index (χ2n) is 6.85. The minimum absolute atomic E-state index is 0.0340. The number of nitrogens with one attached hydrogen (secondary N) is 1. The molecule has 8 heteroatoms. The number of nitrogens with zero attached hydrogens (tertiary/aromatic N) is 3. The Kier molecular flexibility index (Phi) is 4.89. The zero-order valence-corrected chi connectivity index (χ0v) is 15.6. The van der Waals surface area contributed by atoms with Gasteiger partial charge < -0.3 is 19.4 Å². The highest BCUT2D eigenvalue weighted by Crippen LogP contribution is 2.35. The number of para-hydroxylation sites is 2. The summed E-state index contributed by atoms with van der Waals surface area (Å²) in [6, 6.07) is 7.54. The molecule has 1 aromatic carbocycles. The summed E-state index contributed by atoms with van der Waals surface area (Å²) in [6.45, 7) is 6.23. The molecule has 0 aliphatic carbocycles. The van der Waals surface area contributed by atoms with Crippen LogP contribution in [0.3, 0.4) is 0 Å². The molecule has 1 amide bonds. The van der Waals surface area contributed by atoms with Crippen molar-refractivity contribution in [2.24, 2.45) is 7.05 Å². The Morgan fingerprint density at radius 3 is 2.76 bits per heavy atom. The van der Waals surface area contributed by atoms with Gasteiger partial charge in [-0.1, -0.05) is 23.9 Å². The molecule has 2 heterocycles. The highest BCUT2D eigenvalue weighted by molar-refractivity contribution is 7.99. The fraction of sp³-hybridized carbons (Fsp3) is 0.471. The smallest absolute Gasteiger partial charge is 0.230 e. The number of benzene rings is 1. The molecule has 3 rings (SSSR count). The van der Waals surface area contributed by atoms with Gasteiger partial charge >= 0.3 is 0 Å². The molecular weight excluding hydrogens is 340 g/mol. The van der Waals surface area contributed by atoms with E-state index in [0.29, 0.717) is 23.3 Å². The summed E-state index contributed by atoms with van der Waals surface area (Å²) in [5.41, 5.74) is -0.247. The van der Waals surface area contributed by atoms with E-state index in [4.69, 9.17) is 9.47 Å². The van der Waals surface area contributed by atoms with Crippen molar-refractivity contribution < 1.29 is 14.3 Å². The van der Waals surface area contributed by atoms with Gasteiger partial charge in [0, 0.05) is 12.6 Å². The fourth-order valence-electron chi connectivity index (χ4n) is 2.46. The predicted octanol–water partition coefficient (Wildman–Crippen LogP) is 2.33. The quantitative estimate of drug-likeness (QED) is 0.841. The number of thioether (sulfide) groups is 1. The van der Waals surface area contributed by atoms with Crippen LogP contribution in [0.25, 0.3) is 0 Å². The van der Waals surface area contributed by atoms with Gasteiger partial charge in [-0.25, -0.2) is 0 Å². The average molecular weight is 362 g/mol. The van der Waals surface area contributed by atoms with Gasteiger partial charge in [0.2, 0.25) is 5.91 Å². The predicted molar refractivity (Wildman–Crippen MR) is 94.9 cm³/mol. The minimum Gasteiger partial charge on any atom is -0.485 e.